The Bertz CT molecular complexity index is 460. The Hall–Kier alpha value is -1.69. The second-order valence-electron chi connectivity index (χ2n) is 3.72. The lowest BCUT2D eigenvalue weighted by Gasteiger charge is -2.02. The summed E-state index contributed by atoms with van der Waals surface area (Å²) in [5.74, 6) is 0.666. The molecule has 0 bridgehead atoms. The molecule has 0 aliphatic rings. The Morgan fingerprint density at radius 2 is 2.19 bits per heavy atom. The van der Waals surface area contributed by atoms with E-state index < -0.39 is 0 Å². The Morgan fingerprint density at radius 3 is 2.75 bits per heavy atom. The highest BCUT2D eigenvalue weighted by Crippen LogP contribution is 2.11. The van der Waals surface area contributed by atoms with Gasteiger partial charge in [0.1, 0.15) is 0 Å². The maximum atomic E-state index is 4.65. The quantitative estimate of drug-likeness (QED) is 0.823. The topological polar surface area (TPSA) is 68.8 Å². The van der Waals surface area contributed by atoms with Gasteiger partial charge in [-0.1, -0.05) is 5.16 Å². The third-order valence-corrected chi connectivity index (χ3v) is 2.65. The van der Waals surface area contributed by atoms with Crippen LogP contribution < -0.4 is 5.32 Å². The molecule has 2 aromatic heterocycles. The van der Waals surface area contributed by atoms with E-state index in [1.165, 1.54) is 17.7 Å². The average molecular weight is 221 g/mol. The van der Waals surface area contributed by atoms with Gasteiger partial charge in [-0.25, -0.2) is 0 Å². The molecule has 6 nitrogen and oxygen atoms in total. The monoisotopic (exact) mass is 221 g/mol. The highest BCUT2D eigenvalue weighted by atomic mass is 16.5. The van der Waals surface area contributed by atoms with Crippen LogP contribution in [0.2, 0.25) is 0 Å². The summed E-state index contributed by atoms with van der Waals surface area (Å²) in [7, 11) is 1.95. The average Bonchev–Trinajstić information content (AvgIpc) is 2.82. The first-order chi connectivity index (χ1) is 7.68. The second kappa shape index (κ2) is 4.44. The standard InChI is InChI=1S/C10H15N5O/c1-7-9(8(2)15(3)13-7)4-11-5-10-12-6-16-14-10/h6,11H,4-5H2,1-3H3. The molecule has 1 N–H and O–H groups in total. The van der Waals surface area contributed by atoms with Crippen LogP contribution in [0.3, 0.4) is 0 Å². The summed E-state index contributed by atoms with van der Waals surface area (Å²) in [5.41, 5.74) is 3.46. The van der Waals surface area contributed by atoms with Gasteiger partial charge in [-0.05, 0) is 13.8 Å². The van der Waals surface area contributed by atoms with Gasteiger partial charge >= 0.3 is 0 Å². The van der Waals surface area contributed by atoms with E-state index in [1.807, 2.05) is 18.7 Å². The molecule has 0 aromatic carbocycles. The third kappa shape index (κ3) is 2.11. The fourth-order valence-corrected chi connectivity index (χ4v) is 1.64. The predicted molar refractivity (Wildman–Crippen MR) is 57.5 cm³/mol. The van der Waals surface area contributed by atoms with E-state index in [0.717, 1.165) is 12.2 Å². The third-order valence-electron chi connectivity index (χ3n) is 2.65. The first-order valence-corrected chi connectivity index (χ1v) is 5.13. The van der Waals surface area contributed by atoms with Crippen molar-refractivity contribution >= 4 is 0 Å². The van der Waals surface area contributed by atoms with Gasteiger partial charge in [0, 0.05) is 24.8 Å². The number of aromatic nitrogens is 4. The van der Waals surface area contributed by atoms with Gasteiger partial charge < -0.3 is 9.84 Å². The van der Waals surface area contributed by atoms with Crippen LogP contribution in [0.15, 0.2) is 10.9 Å². The minimum atomic E-state index is 0.601. The lowest BCUT2D eigenvalue weighted by molar-refractivity contribution is 0.407. The van der Waals surface area contributed by atoms with E-state index in [2.05, 4.69) is 32.0 Å². The first-order valence-electron chi connectivity index (χ1n) is 5.13. The molecule has 0 unspecified atom stereocenters. The van der Waals surface area contributed by atoms with Crippen LogP contribution in [0, 0.1) is 13.8 Å². The SMILES string of the molecule is Cc1nn(C)c(C)c1CNCc1ncon1. The molecule has 6 heteroatoms. The van der Waals surface area contributed by atoms with Crippen LogP contribution in [0.1, 0.15) is 22.8 Å². The van der Waals surface area contributed by atoms with Crippen molar-refractivity contribution in [3.05, 3.63) is 29.2 Å². The normalized spacial score (nSPS) is 10.9. The van der Waals surface area contributed by atoms with Crippen molar-refractivity contribution in [1.82, 2.24) is 25.2 Å². The zero-order valence-electron chi connectivity index (χ0n) is 9.69. The lowest BCUT2D eigenvalue weighted by Crippen LogP contribution is -2.14. The molecule has 16 heavy (non-hydrogen) atoms. The largest absolute Gasteiger partial charge is 0.343 e. The molecule has 0 aliphatic carbocycles. The van der Waals surface area contributed by atoms with Crippen molar-refractivity contribution in [2.75, 3.05) is 0 Å². The van der Waals surface area contributed by atoms with Crippen LogP contribution in [-0.2, 0) is 20.1 Å². The zero-order chi connectivity index (χ0) is 11.5. The maximum absolute atomic E-state index is 4.65. The van der Waals surface area contributed by atoms with Crippen molar-refractivity contribution in [1.29, 1.82) is 0 Å². The van der Waals surface area contributed by atoms with Crippen LogP contribution >= 0.6 is 0 Å². The molecule has 0 saturated heterocycles. The summed E-state index contributed by atoms with van der Waals surface area (Å²) in [4.78, 5) is 3.94. The van der Waals surface area contributed by atoms with E-state index >= 15 is 0 Å². The van der Waals surface area contributed by atoms with Crippen molar-refractivity contribution in [3.8, 4) is 0 Å². The van der Waals surface area contributed by atoms with Gasteiger partial charge in [-0.2, -0.15) is 10.1 Å². The Labute approximate surface area is 93.7 Å². The summed E-state index contributed by atoms with van der Waals surface area (Å²) in [6.45, 7) is 5.44. The molecule has 0 saturated carbocycles. The Morgan fingerprint density at radius 1 is 1.38 bits per heavy atom. The van der Waals surface area contributed by atoms with E-state index in [4.69, 9.17) is 0 Å². The number of hydrogen-bond donors (Lipinski definition) is 1. The van der Waals surface area contributed by atoms with Gasteiger partial charge in [0.15, 0.2) is 5.82 Å². The van der Waals surface area contributed by atoms with Gasteiger partial charge in [0.2, 0.25) is 6.39 Å². The summed E-state index contributed by atoms with van der Waals surface area (Å²) >= 11 is 0. The molecule has 2 rings (SSSR count). The van der Waals surface area contributed by atoms with Gasteiger partial charge in [-0.15, -0.1) is 0 Å². The van der Waals surface area contributed by atoms with Gasteiger partial charge in [0.05, 0.1) is 12.2 Å². The molecule has 0 radical (unpaired) electrons. The Balaban J connectivity index is 1.95. The minimum Gasteiger partial charge on any atom is -0.343 e. The van der Waals surface area contributed by atoms with Crippen molar-refractivity contribution < 1.29 is 4.52 Å². The van der Waals surface area contributed by atoms with E-state index in [0.29, 0.717) is 12.4 Å². The fourth-order valence-electron chi connectivity index (χ4n) is 1.64. The fraction of sp³-hybridized carbons (Fsp3) is 0.500. The molecule has 0 aliphatic heterocycles. The van der Waals surface area contributed by atoms with Gasteiger partial charge in [0.25, 0.3) is 0 Å². The van der Waals surface area contributed by atoms with Crippen LogP contribution in [0.5, 0.6) is 0 Å². The number of nitrogens with zero attached hydrogens (tertiary/aromatic N) is 4. The smallest absolute Gasteiger partial charge is 0.213 e. The summed E-state index contributed by atoms with van der Waals surface area (Å²) in [5, 5.41) is 11.3. The van der Waals surface area contributed by atoms with E-state index in [-0.39, 0.29) is 0 Å². The highest BCUT2D eigenvalue weighted by molar-refractivity contribution is 5.23. The number of aryl methyl sites for hydroxylation is 2. The molecule has 0 atom stereocenters. The van der Waals surface area contributed by atoms with Gasteiger partial charge in [-0.3, -0.25) is 4.68 Å². The summed E-state index contributed by atoms with van der Waals surface area (Å²) in [6, 6.07) is 0. The lowest BCUT2D eigenvalue weighted by atomic mass is 10.2. The summed E-state index contributed by atoms with van der Waals surface area (Å²) in [6.07, 6.45) is 1.33. The van der Waals surface area contributed by atoms with Crippen LogP contribution in [0.25, 0.3) is 0 Å². The maximum Gasteiger partial charge on any atom is 0.213 e. The van der Waals surface area contributed by atoms with Crippen LogP contribution in [-0.4, -0.2) is 19.9 Å². The van der Waals surface area contributed by atoms with Crippen molar-refractivity contribution in [2.45, 2.75) is 26.9 Å². The first kappa shape index (κ1) is 10.8. The molecule has 0 spiro atoms. The van der Waals surface area contributed by atoms with Crippen molar-refractivity contribution in [3.63, 3.8) is 0 Å². The highest BCUT2D eigenvalue weighted by Gasteiger charge is 2.08. The zero-order valence-corrected chi connectivity index (χ0v) is 9.69. The minimum absolute atomic E-state index is 0.601. The predicted octanol–water partition coefficient (Wildman–Crippen LogP) is 0.710. The molecular formula is C10H15N5O. The van der Waals surface area contributed by atoms with Crippen LogP contribution in [0.4, 0.5) is 0 Å². The molecule has 0 fully saturated rings. The van der Waals surface area contributed by atoms with E-state index in [1.54, 1.807) is 0 Å². The summed E-state index contributed by atoms with van der Waals surface area (Å²) < 4.78 is 6.54. The van der Waals surface area contributed by atoms with Crippen molar-refractivity contribution in [2.24, 2.45) is 7.05 Å². The number of rotatable bonds is 4. The molecule has 2 heterocycles. The second-order valence-corrected chi connectivity index (χ2v) is 3.72. The Kier molecular flexibility index (Phi) is 3.00. The molecule has 86 valence electrons. The van der Waals surface area contributed by atoms with E-state index in [9.17, 15) is 0 Å². The molecule has 0 amide bonds. The molecule has 2 aromatic rings. The number of nitrogens with one attached hydrogen (secondary N) is 1. The number of hydrogen-bond acceptors (Lipinski definition) is 5. The molecular weight excluding hydrogens is 206 g/mol.